The highest BCUT2D eigenvalue weighted by molar-refractivity contribution is 5.94. The minimum Gasteiger partial charge on any atom is -0.493 e. The van der Waals surface area contributed by atoms with Crippen molar-refractivity contribution in [2.24, 2.45) is 0 Å². The molecule has 5 nitrogen and oxygen atoms in total. The van der Waals surface area contributed by atoms with Crippen LogP contribution in [0.15, 0.2) is 24.3 Å². The number of H-pyrrole nitrogens is 1. The Hall–Kier alpha value is -2.30. The van der Waals surface area contributed by atoms with Gasteiger partial charge in [-0.05, 0) is 19.4 Å². The third kappa shape index (κ3) is 2.71. The minimum atomic E-state index is -0.0136. The molecule has 2 heterocycles. The summed E-state index contributed by atoms with van der Waals surface area (Å²) in [7, 11) is 0. The molecule has 2 N–H and O–H groups in total. The van der Waals surface area contributed by atoms with E-state index in [9.17, 15) is 4.79 Å². The van der Waals surface area contributed by atoms with Crippen LogP contribution in [0.25, 0.3) is 0 Å². The Morgan fingerprint density at radius 1 is 1.36 bits per heavy atom. The second-order valence-electron chi connectivity index (χ2n) is 5.66. The van der Waals surface area contributed by atoms with Crippen LogP contribution >= 0.6 is 0 Å². The zero-order chi connectivity index (χ0) is 15.5. The van der Waals surface area contributed by atoms with Crippen LogP contribution < -0.4 is 10.1 Å². The number of nitrogens with one attached hydrogen (secondary N) is 2. The summed E-state index contributed by atoms with van der Waals surface area (Å²) in [6, 6.07) is 7.98. The van der Waals surface area contributed by atoms with Crippen LogP contribution in [0.1, 0.15) is 48.9 Å². The second-order valence-corrected chi connectivity index (χ2v) is 5.66. The highest BCUT2D eigenvalue weighted by Crippen LogP contribution is 2.41. The van der Waals surface area contributed by atoms with Crippen LogP contribution in [0.3, 0.4) is 0 Å². The van der Waals surface area contributed by atoms with Gasteiger partial charge in [0.2, 0.25) is 5.91 Å². The first-order valence-corrected chi connectivity index (χ1v) is 7.77. The first kappa shape index (κ1) is 14.6. The lowest BCUT2D eigenvalue weighted by molar-refractivity contribution is -0.116. The van der Waals surface area contributed by atoms with Crippen LogP contribution in [0.2, 0.25) is 0 Å². The van der Waals surface area contributed by atoms with Gasteiger partial charge in [-0.1, -0.05) is 31.5 Å². The van der Waals surface area contributed by atoms with Crippen molar-refractivity contribution >= 4 is 11.7 Å². The molecule has 1 aromatic carbocycles. The number of hydrogen-bond donors (Lipinski definition) is 2. The van der Waals surface area contributed by atoms with Crippen LogP contribution in [0.5, 0.6) is 5.75 Å². The van der Waals surface area contributed by atoms with Crippen molar-refractivity contribution in [3.05, 3.63) is 41.1 Å². The van der Waals surface area contributed by atoms with Gasteiger partial charge in [-0.2, -0.15) is 5.10 Å². The average molecular weight is 299 g/mol. The maximum absolute atomic E-state index is 12.0. The van der Waals surface area contributed by atoms with Gasteiger partial charge in [0.25, 0.3) is 0 Å². The molecule has 0 aliphatic carbocycles. The van der Waals surface area contributed by atoms with Crippen LogP contribution in [-0.2, 0) is 4.79 Å². The summed E-state index contributed by atoms with van der Waals surface area (Å²) >= 11 is 0. The van der Waals surface area contributed by atoms with E-state index in [0.717, 1.165) is 35.4 Å². The maximum Gasteiger partial charge on any atom is 0.226 e. The number of unbranched alkanes of at least 4 members (excludes halogenated alkanes) is 1. The van der Waals surface area contributed by atoms with E-state index in [-0.39, 0.29) is 11.8 Å². The highest BCUT2D eigenvalue weighted by Gasteiger charge is 2.31. The number of anilines is 1. The molecule has 0 fully saturated rings. The van der Waals surface area contributed by atoms with Crippen LogP contribution in [0, 0.1) is 6.92 Å². The Bertz CT molecular complexity index is 678. The number of nitrogens with zero attached hydrogens (tertiary/aromatic N) is 1. The molecule has 2 aromatic rings. The molecular weight excluding hydrogens is 278 g/mol. The molecule has 1 aliphatic heterocycles. The molecule has 1 atom stereocenters. The van der Waals surface area contributed by atoms with E-state index in [2.05, 4.69) is 22.4 Å². The molecule has 3 rings (SSSR count). The molecule has 0 unspecified atom stereocenters. The van der Waals surface area contributed by atoms with Gasteiger partial charge < -0.3 is 10.1 Å². The van der Waals surface area contributed by atoms with Crippen molar-refractivity contribution in [1.29, 1.82) is 0 Å². The Labute approximate surface area is 130 Å². The molecule has 0 radical (unpaired) electrons. The van der Waals surface area contributed by atoms with E-state index in [1.54, 1.807) is 0 Å². The van der Waals surface area contributed by atoms with Crippen molar-refractivity contribution in [2.75, 3.05) is 11.9 Å². The lowest BCUT2D eigenvalue weighted by atomic mass is 9.85. The maximum atomic E-state index is 12.0. The molecule has 1 aliphatic rings. The molecule has 22 heavy (non-hydrogen) atoms. The van der Waals surface area contributed by atoms with E-state index < -0.39 is 0 Å². The SMILES string of the molecule is CCCCOc1ccccc1[C@H]1CC(=O)Nc2n[nH]c(C)c21. The number of carbonyl (C=O) groups excluding carboxylic acids is 1. The quantitative estimate of drug-likeness (QED) is 0.832. The van der Waals surface area contributed by atoms with Crippen molar-refractivity contribution in [3.8, 4) is 5.75 Å². The van der Waals surface area contributed by atoms with Gasteiger partial charge in [0.15, 0.2) is 5.82 Å². The lowest BCUT2D eigenvalue weighted by Crippen LogP contribution is -2.23. The third-order valence-corrected chi connectivity index (χ3v) is 4.04. The number of rotatable bonds is 5. The molecule has 0 bridgehead atoms. The minimum absolute atomic E-state index is 0.00707. The average Bonchev–Trinajstić information content (AvgIpc) is 2.88. The first-order valence-electron chi connectivity index (χ1n) is 7.77. The zero-order valence-corrected chi connectivity index (χ0v) is 13.0. The molecule has 0 saturated heterocycles. The van der Waals surface area contributed by atoms with E-state index in [1.165, 1.54) is 0 Å². The van der Waals surface area contributed by atoms with Gasteiger partial charge in [-0.15, -0.1) is 0 Å². The summed E-state index contributed by atoms with van der Waals surface area (Å²) in [4.78, 5) is 12.0. The Morgan fingerprint density at radius 3 is 3.00 bits per heavy atom. The molecular formula is C17H21N3O2. The largest absolute Gasteiger partial charge is 0.493 e. The van der Waals surface area contributed by atoms with Crippen LogP contribution in [-0.4, -0.2) is 22.7 Å². The van der Waals surface area contributed by atoms with Gasteiger partial charge in [0, 0.05) is 29.2 Å². The molecule has 1 amide bonds. The van der Waals surface area contributed by atoms with Crippen molar-refractivity contribution in [3.63, 3.8) is 0 Å². The van der Waals surface area contributed by atoms with Crippen LogP contribution in [0.4, 0.5) is 5.82 Å². The summed E-state index contributed by atoms with van der Waals surface area (Å²) < 4.78 is 5.94. The van der Waals surface area contributed by atoms with Gasteiger partial charge >= 0.3 is 0 Å². The van der Waals surface area contributed by atoms with Crippen molar-refractivity contribution in [2.45, 2.75) is 39.0 Å². The van der Waals surface area contributed by atoms with Gasteiger partial charge in [0.1, 0.15) is 5.75 Å². The van der Waals surface area contributed by atoms with Gasteiger partial charge in [-0.3, -0.25) is 9.89 Å². The standard InChI is InChI=1S/C17H21N3O2/c1-3-4-9-22-14-8-6-5-7-12(14)13-10-15(21)18-17-16(13)11(2)19-20-17/h5-8,13H,3-4,9-10H2,1-2H3,(H2,18,19,20,21)/t13-/m1/s1. The van der Waals surface area contributed by atoms with E-state index in [0.29, 0.717) is 18.8 Å². The van der Waals surface area contributed by atoms with E-state index in [4.69, 9.17) is 4.74 Å². The summed E-state index contributed by atoms with van der Waals surface area (Å²) in [5.74, 6) is 1.48. The topological polar surface area (TPSA) is 67.0 Å². The highest BCUT2D eigenvalue weighted by atomic mass is 16.5. The number of ether oxygens (including phenoxy) is 1. The van der Waals surface area contributed by atoms with E-state index in [1.807, 2.05) is 31.2 Å². The number of aryl methyl sites for hydroxylation is 1. The first-order chi connectivity index (χ1) is 10.7. The molecule has 0 spiro atoms. The number of amides is 1. The number of aromatic nitrogens is 2. The second kappa shape index (κ2) is 6.22. The van der Waals surface area contributed by atoms with Gasteiger partial charge in [0.05, 0.1) is 6.61 Å². The predicted octanol–water partition coefficient (Wildman–Crippen LogP) is 3.37. The number of carbonyl (C=O) groups is 1. The smallest absolute Gasteiger partial charge is 0.226 e. The fourth-order valence-electron chi connectivity index (χ4n) is 2.92. The van der Waals surface area contributed by atoms with E-state index >= 15 is 0 Å². The zero-order valence-electron chi connectivity index (χ0n) is 13.0. The number of fused-ring (bicyclic) bond motifs is 1. The molecule has 1 aromatic heterocycles. The Balaban J connectivity index is 1.97. The predicted molar refractivity (Wildman–Crippen MR) is 85.3 cm³/mol. The normalized spacial score (nSPS) is 17.0. The number of benzene rings is 1. The number of para-hydroxylation sites is 1. The molecule has 116 valence electrons. The summed E-state index contributed by atoms with van der Waals surface area (Å²) in [5, 5.41) is 9.99. The summed E-state index contributed by atoms with van der Waals surface area (Å²) in [6.07, 6.45) is 2.54. The van der Waals surface area contributed by atoms with Gasteiger partial charge in [-0.25, -0.2) is 0 Å². The monoisotopic (exact) mass is 299 g/mol. The fraction of sp³-hybridized carbons (Fsp3) is 0.412. The van der Waals surface area contributed by atoms with Crippen molar-refractivity contribution < 1.29 is 9.53 Å². The molecule has 0 saturated carbocycles. The summed E-state index contributed by atoms with van der Waals surface area (Å²) in [5.41, 5.74) is 3.11. The van der Waals surface area contributed by atoms with Crippen molar-refractivity contribution in [1.82, 2.24) is 10.2 Å². The number of aromatic amines is 1. The number of hydrogen-bond acceptors (Lipinski definition) is 3. The Kier molecular flexibility index (Phi) is 4.13. The lowest BCUT2D eigenvalue weighted by Gasteiger charge is -2.24. The third-order valence-electron chi connectivity index (χ3n) is 4.04. The fourth-order valence-corrected chi connectivity index (χ4v) is 2.92. The summed E-state index contributed by atoms with van der Waals surface area (Å²) in [6.45, 7) is 4.82. The molecule has 5 heteroatoms. The Morgan fingerprint density at radius 2 is 2.18 bits per heavy atom.